The van der Waals surface area contributed by atoms with Crippen LogP contribution < -0.4 is 15.1 Å². The van der Waals surface area contributed by atoms with E-state index in [0.717, 1.165) is 23.8 Å². The van der Waals surface area contributed by atoms with Gasteiger partial charge in [-0.1, -0.05) is 16.8 Å². The van der Waals surface area contributed by atoms with Crippen LogP contribution in [-0.4, -0.2) is 50.2 Å². The maximum absolute atomic E-state index is 12.3. The molecule has 4 rings (SSSR count). The summed E-state index contributed by atoms with van der Waals surface area (Å²) < 4.78 is 5.94. The fourth-order valence-corrected chi connectivity index (χ4v) is 4.14. The van der Waals surface area contributed by atoms with Crippen LogP contribution in [0.15, 0.2) is 41.6 Å². The second kappa shape index (κ2) is 8.30. The van der Waals surface area contributed by atoms with Crippen molar-refractivity contribution in [3.63, 3.8) is 0 Å². The first kappa shape index (κ1) is 19.5. The van der Waals surface area contributed by atoms with Gasteiger partial charge in [0.05, 0.1) is 28.8 Å². The van der Waals surface area contributed by atoms with Crippen molar-refractivity contribution >= 4 is 52.1 Å². The number of amides is 2. The van der Waals surface area contributed by atoms with E-state index in [9.17, 15) is 9.59 Å². The van der Waals surface area contributed by atoms with Crippen LogP contribution in [0.2, 0.25) is 4.34 Å². The van der Waals surface area contributed by atoms with Crippen LogP contribution in [0.25, 0.3) is 0 Å². The zero-order valence-electron chi connectivity index (χ0n) is 15.6. The number of hydrogen-bond donors (Lipinski definition) is 1. The molecule has 1 fully saturated rings. The summed E-state index contributed by atoms with van der Waals surface area (Å²) >= 11 is 7.06. The van der Waals surface area contributed by atoms with Gasteiger partial charge in [-0.25, -0.2) is 4.79 Å². The highest BCUT2D eigenvalue weighted by Gasteiger charge is 2.32. The number of amidine groups is 1. The lowest BCUT2D eigenvalue weighted by atomic mass is 10.2. The molecule has 1 saturated heterocycles. The Hall–Kier alpha value is -2.78. The normalized spacial score (nSPS) is 18.9. The van der Waals surface area contributed by atoms with Crippen molar-refractivity contribution in [1.82, 2.24) is 5.32 Å². The van der Waals surface area contributed by atoms with Crippen molar-refractivity contribution in [2.24, 2.45) is 5.16 Å². The van der Waals surface area contributed by atoms with Gasteiger partial charge in [-0.05, 0) is 43.3 Å². The molecule has 1 aromatic carbocycles. The molecule has 0 radical (unpaired) electrons. The highest BCUT2D eigenvalue weighted by atomic mass is 35.5. The minimum atomic E-state index is -0.430. The molecule has 152 valence electrons. The third-order valence-electron chi connectivity index (χ3n) is 4.63. The van der Waals surface area contributed by atoms with Crippen LogP contribution in [0.1, 0.15) is 16.6 Å². The summed E-state index contributed by atoms with van der Waals surface area (Å²) in [6.07, 6.45) is -0.851. The summed E-state index contributed by atoms with van der Waals surface area (Å²) in [6, 6.07) is 10.9. The summed E-state index contributed by atoms with van der Waals surface area (Å²) in [7, 11) is 0. The van der Waals surface area contributed by atoms with Crippen LogP contribution in [0, 0.1) is 0 Å². The van der Waals surface area contributed by atoms with Gasteiger partial charge in [-0.15, -0.1) is 11.3 Å². The third-order valence-corrected chi connectivity index (χ3v) is 5.86. The Kier molecular flexibility index (Phi) is 5.59. The number of benzene rings is 1. The van der Waals surface area contributed by atoms with Crippen LogP contribution in [0.4, 0.5) is 16.2 Å². The largest absolute Gasteiger partial charge is 0.442 e. The van der Waals surface area contributed by atoms with E-state index in [1.165, 1.54) is 11.3 Å². The molecule has 2 aromatic rings. The standard InChI is InChI=1S/C19H19ClN4O4S/c1-12-22-27-9-8-23(12)13-2-4-14(5-3-13)24-11-15(28-19(24)26)10-21-18(25)16-6-7-17(20)29-16/h2-7,15H,8-11H2,1H3,(H,21,25). The molecule has 0 aliphatic carbocycles. The highest BCUT2D eigenvalue weighted by molar-refractivity contribution is 7.18. The van der Waals surface area contributed by atoms with Gasteiger partial charge in [0, 0.05) is 11.4 Å². The Labute approximate surface area is 176 Å². The number of anilines is 2. The first-order chi connectivity index (χ1) is 14.0. The van der Waals surface area contributed by atoms with E-state index in [2.05, 4.69) is 10.5 Å². The SMILES string of the molecule is CC1=NOCCN1c1ccc(N2CC(CNC(=O)c3ccc(Cl)s3)OC2=O)cc1. The number of carbonyl (C=O) groups is 2. The van der Waals surface area contributed by atoms with Crippen molar-refractivity contribution in [3.8, 4) is 0 Å². The molecule has 8 nitrogen and oxygen atoms in total. The van der Waals surface area contributed by atoms with E-state index in [-0.39, 0.29) is 12.5 Å². The molecule has 29 heavy (non-hydrogen) atoms. The van der Waals surface area contributed by atoms with E-state index < -0.39 is 12.2 Å². The average Bonchev–Trinajstić information content (AvgIpc) is 3.32. The Morgan fingerprint density at radius 3 is 2.62 bits per heavy atom. The number of halogens is 1. The van der Waals surface area contributed by atoms with Gasteiger partial charge in [0.1, 0.15) is 18.5 Å². The van der Waals surface area contributed by atoms with E-state index in [0.29, 0.717) is 22.4 Å². The van der Waals surface area contributed by atoms with Crippen LogP contribution in [-0.2, 0) is 9.57 Å². The average molecular weight is 435 g/mol. The summed E-state index contributed by atoms with van der Waals surface area (Å²) in [4.78, 5) is 33.6. The molecule has 0 spiro atoms. The van der Waals surface area contributed by atoms with Crippen LogP contribution in [0.3, 0.4) is 0 Å². The summed E-state index contributed by atoms with van der Waals surface area (Å²) in [6.45, 7) is 3.73. The smallest absolute Gasteiger partial charge is 0.414 e. The fourth-order valence-electron chi connectivity index (χ4n) is 3.18. The fraction of sp³-hybridized carbons (Fsp3) is 0.316. The molecule has 3 heterocycles. The minimum Gasteiger partial charge on any atom is -0.442 e. The van der Waals surface area contributed by atoms with Gasteiger partial charge in [0.15, 0.2) is 0 Å². The van der Waals surface area contributed by atoms with E-state index in [1.807, 2.05) is 36.1 Å². The molecule has 1 unspecified atom stereocenters. The number of nitrogens with zero attached hydrogens (tertiary/aromatic N) is 3. The second-order valence-electron chi connectivity index (χ2n) is 6.57. The van der Waals surface area contributed by atoms with E-state index >= 15 is 0 Å². The predicted octanol–water partition coefficient (Wildman–Crippen LogP) is 3.33. The second-order valence-corrected chi connectivity index (χ2v) is 8.28. The van der Waals surface area contributed by atoms with Crippen LogP contribution >= 0.6 is 22.9 Å². The lowest BCUT2D eigenvalue weighted by molar-refractivity contribution is 0.0920. The molecular weight excluding hydrogens is 416 g/mol. The molecule has 1 atom stereocenters. The quantitative estimate of drug-likeness (QED) is 0.780. The number of cyclic esters (lactones) is 1. The molecule has 2 amide bonds. The number of nitrogens with one attached hydrogen (secondary N) is 1. The zero-order chi connectivity index (χ0) is 20.4. The summed E-state index contributed by atoms with van der Waals surface area (Å²) in [5.41, 5.74) is 1.71. The number of oxime groups is 1. The molecule has 1 N–H and O–H groups in total. The van der Waals surface area contributed by atoms with Gasteiger partial charge < -0.3 is 19.8 Å². The zero-order valence-corrected chi connectivity index (χ0v) is 17.2. The Balaban J connectivity index is 1.36. The Morgan fingerprint density at radius 2 is 1.97 bits per heavy atom. The molecule has 1 aromatic heterocycles. The van der Waals surface area contributed by atoms with Crippen molar-refractivity contribution in [2.45, 2.75) is 13.0 Å². The van der Waals surface area contributed by atoms with Crippen molar-refractivity contribution in [3.05, 3.63) is 45.6 Å². The Bertz CT molecular complexity index is 946. The molecular formula is C19H19ClN4O4S. The molecule has 2 aliphatic heterocycles. The molecule has 10 heteroatoms. The van der Waals surface area contributed by atoms with Gasteiger partial charge in [-0.3, -0.25) is 9.69 Å². The van der Waals surface area contributed by atoms with Gasteiger partial charge in [0.25, 0.3) is 5.91 Å². The number of hydrogen-bond acceptors (Lipinski definition) is 7. The summed E-state index contributed by atoms with van der Waals surface area (Å²) in [5.74, 6) is 0.552. The topological polar surface area (TPSA) is 83.5 Å². The van der Waals surface area contributed by atoms with Crippen molar-refractivity contribution < 1.29 is 19.2 Å². The van der Waals surface area contributed by atoms with E-state index in [4.69, 9.17) is 21.2 Å². The van der Waals surface area contributed by atoms with Gasteiger partial charge >= 0.3 is 6.09 Å². The van der Waals surface area contributed by atoms with Gasteiger partial charge in [-0.2, -0.15) is 0 Å². The first-order valence-corrected chi connectivity index (χ1v) is 10.3. The highest BCUT2D eigenvalue weighted by Crippen LogP contribution is 2.26. The lowest BCUT2D eigenvalue weighted by Crippen LogP contribution is -2.35. The maximum atomic E-state index is 12.3. The van der Waals surface area contributed by atoms with Gasteiger partial charge in [0.2, 0.25) is 0 Å². The van der Waals surface area contributed by atoms with Crippen LogP contribution in [0.5, 0.6) is 0 Å². The monoisotopic (exact) mass is 434 g/mol. The summed E-state index contributed by atoms with van der Waals surface area (Å²) in [5, 5.41) is 6.77. The lowest BCUT2D eigenvalue weighted by Gasteiger charge is -2.27. The third kappa shape index (κ3) is 4.30. The number of carbonyl (C=O) groups excluding carboxylic acids is 2. The number of thiophene rings is 1. The van der Waals surface area contributed by atoms with E-state index in [1.54, 1.807) is 17.0 Å². The predicted molar refractivity (Wildman–Crippen MR) is 112 cm³/mol. The first-order valence-electron chi connectivity index (χ1n) is 9.07. The molecule has 0 saturated carbocycles. The molecule has 2 aliphatic rings. The number of ether oxygens (including phenoxy) is 1. The number of rotatable bonds is 5. The van der Waals surface area contributed by atoms with Crippen molar-refractivity contribution in [2.75, 3.05) is 36.0 Å². The maximum Gasteiger partial charge on any atom is 0.414 e. The van der Waals surface area contributed by atoms with Crippen molar-refractivity contribution in [1.29, 1.82) is 0 Å². The minimum absolute atomic E-state index is 0.233. The molecule has 0 bridgehead atoms. The Morgan fingerprint density at radius 1 is 1.24 bits per heavy atom.